The summed E-state index contributed by atoms with van der Waals surface area (Å²) in [5, 5.41) is 31.8. The van der Waals surface area contributed by atoms with E-state index in [9.17, 15) is 5.11 Å². The Morgan fingerprint density at radius 1 is 1.09 bits per heavy atom. The zero-order chi connectivity index (χ0) is 23.1. The first kappa shape index (κ1) is 21.2. The third-order valence-electron chi connectivity index (χ3n) is 6.02. The van der Waals surface area contributed by atoms with Crippen LogP contribution < -0.4 is 10.2 Å². The van der Waals surface area contributed by atoms with Crippen molar-refractivity contribution in [2.45, 2.75) is 33.7 Å². The molecule has 1 aliphatic heterocycles. The molecule has 0 unspecified atom stereocenters. The van der Waals surface area contributed by atoms with E-state index in [4.69, 9.17) is 0 Å². The van der Waals surface area contributed by atoms with Gasteiger partial charge in [-0.15, -0.1) is 25.0 Å². The molecule has 4 aromatic rings. The molecular weight excluding hydrogens is 418 g/mol. The molecule has 0 spiro atoms. The number of hydrogen-bond acceptors (Lipinski definition) is 9. The highest BCUT2D eigenvalue weighted by Gasteiger charge is 2.24. The van der Waals surface area contributed by atoms with Crippen LogP contribution >= 0.6 is 0 Å². The Balaban J connectivity index is 1.40. The average molecular weight is 446 g/mol. The molecule has 10 nitrogen and oxygen atoms in total. The summed E-state index contributed by atoms with van der Waals surface area (Å²) in [7, 11) is 0. The lowest BCUT2D eigenvalue weighted by Crippen LogP contribution is -2.53. The summed E-state index contributed by atoms with van der Waals surface area (Å²) in [6.45, 7) is 10.8. The van der Waals surface area contributed by atoms with Crippen LogP contribution in [0.5, 0.6) is 5.75 Å². The molecular formula is C23H27N9O. The van der Waals surface area contributed by atoms with Crippen LogP contribution in [-0.4, -0.2) is 65.8 Å². The van der Waals surface area contributed by atoms with Crippen LogP contribution in [0.1, 0.15) is 25.2 Å². The standard InChI is InChI=1S/C23H27N9O/c1-13(2)20-12-31(8-7-24-20)23-25-11-19(27-28-23)17-6-5-16(10-21(17)33)18-9-14(3)22-26-15(4)29-32(22)30-18/h5-6,9-11,13,20,24,33H,7-8,12H2,1-4H3/t20-/m1/s1. The van der Waals surface area contributed by atoms with E-state index in [1.54, 1.807) is 12.3 Å². The first-order valence-corrected chi connectivity index (χ1v) is 11.1. The predicted octanol–water partition coefficient (Wildman–Crippen LogP) is 2.40. The van der Waals surface area contributed by atoms with Gasteiger partial charge in [0.25, 0.3) is 0 Å². The number of anilines is 1. The maximum atomic E-state index is 10.7. The number of piperazine rings is 1. The molecule has 1 aliphatic rings. The van der Waals surface area contributed by atoms with Gasteiger partial charge in [-0.25, -0.2) is 9.97 Å². The summed E-state index contributed by atoms with van der Waals surface area (Å²) in [6.07, 6.45) is 1.66. The molecule has 10 heteroatoms. The molecule has 0 saturated carbocycles. The SMILES string of the molecule is Cc1nc2c(C)cc(-c3ccc(-c4cnc(N5CCN[C@@H](C(C)C)C5)nn4)c(O)c3)nn2n1. The smallest absolute Gasteiger partial charge is 0.245 e. The number of hydrogen-bond donors (Lipinski definition) is 2. The van der Waals surface area contributed by atoms with Crippen molar-refractivity contribution in [3.63, 3.8) is 0 Å². The molecule has 0 amide bonds. The van der Waals surface area contributed by atoms with Gasteiger partial charge in [0, 0.05) is 36.8 Å². The number of aromatic hydroxyl groups is 1. The van der Waals surface area contributed by atoms with Crippen molar-refractivity contribution >= 4 is 11.6 Å². The minimum atomic E-state index is 0.0905. The number of rotatable bonds is 4. The molecule has 5 rings (SSSR count). The van der Waals surface area contributed by atoms with Gasteiger partial charge in [0.1, 0.15) is 17.3 Å². The predicted molar refractivity (Wildman–Crippen MR) is 125 cm³/mol. The van der Waals surface area contributed by atoms with Crippen molar-refractivity contribution in [1.82, 2.24) is 40.3 Å². The van der Waals surface area contributed by atoms with Gasteiger partial charge in [-0.2, -0.15) is 0 Å². The summed E-state index contributed by atoms with van der Waals surface area (Å²) in [4.78, 5) is 11.1. The fraction of sp³-hybridized carbons (Fsp3) is 0.391. The second-order valence-corrected chi connectivity index (χ2v) is 8.81. The van der Waals surface area contributed by atoms with E-state index in [1.807, 2.05) is 32.0 Å². The quantitative estimate of drug-likeness (QED) is 0.488. The monoisotopic (exact) mass is 445 g/mol. The number of phenolic OH excluding ortho intramolecular Hbond substituents is 1. The van der Waals surface area contributed by atoms with Crippen LogP contribution in [0.25, 0.3) is 28.2 Å². The summed E-state index contributed by atoms with van der Waals surface area (Å²) >= 11 is 0. The van der Waals surface area contributed by atoms with E-state index in [-0.39, 0.29) is 5.75 Å². The van der Waals surface area contributed by atoms with E-state index < -0.39 is 0 Å². The van der Waals surface area contributed by atoms with E-state index >= 15 is 0 Å². The van der Waals surface area contributed by atoms with Crippen molar-refractivity contribution in [3.05, 3.63) is 41.9 Å². The van der Waals surface area contributed by atoms with Gasteiger partial charge in [-0.3, -0.25) is 0 Å². The van der Waals surface area contributed by atoms with Crippen molar-refractivity contribution in [2.75, 3.05) is 24.5 Å². The highest BCUT2D eigenvalue weighted by Crippen LogP contribution is 2.32. The number of fused-ring (bicyclic) bond motifs is 1. The first-order valence-electron chi connectivity index (χ1n) is 11.1. The number of phenols is 1. The molecule has 0 bridgehead atoms. The van der Waals surface area contributed by atoms with Gasteiger partial charge in [-0.1, -0.05) is 19.9 Å². The maximum Gasteiger partial charge on any atom is 0.245 e. The first-order chi connectivity index (χ1) is 15.9. The van der Waals surface area contributed by atoms with Gasteiger partial charge in [0.05, 0.1) is 11.9 Å². The average Bonchev–Trinajstić information content (AvgIpc) is 3.20. The second kappa shape index (κ2) is 8.36. The van der Waals surface area contributed by atoms with Crippen molar-refractivity contribution in [3.8, 4) is 28.3 Å². The highest BCUT2D eigenvalue weighted by atomic mass is 16.3. The van der Waals surface area contributed by atoms with Crippen molar-refractivity contribution in [1.29, 1.82) is 0 Å². The Bertz CT molecular complexity index is 1300. The topological polar surface area (TPSA) is 117 Å². The van der Waals surface area contributed by atoms with Gasteiger partial charge >= 0.3 is 0 Å². The minimum Gasteiger partial charge on any atom is -0.507 e. The molecule has 33 heavy (non-hydrogen) atoms. The summed E-state index contributed by atoms with van der Waals surface area (Å²) < 4.78 is 1.53. The van der Waals surface area contributed by atoms with Crippen molar-refractivity contribution < 1.29 is 5.11 Å². The van der Waals surface area contributed by atoms with E-state index in [1.165, 1.54) is 4.63 Å². The summed E-state index contributed by atoms with van der Waals surface area (Å²) in [5.74, 6) is 1.89. The molecule has 0 aliphatic carbocycles. The van der Waals surface area contributed by atoms with Crippen LogP contribution in [0.3, 0.4) is 0 Å². The lowest BCUT2D eigenvalue weighted by atomic mass is 10.0. The van der Waals surface area contributed by atoms with Gasteiger partial charge in [0.15, 0.2) is 5.65 Å². The third-order valence-corrected chi connectivity index (χ3v) is 6.02. The zero-order valence-electron chi connectivity index (χ0n) is 19.2. The second-order valence-electron chi connectivity index (χ2n) is 8.81. The Morgan fingerprint density at radius 3 is 2.67 bits per heavy atom. The van der Waals surface area contributed by atoms with Gasteiger partial charge in [0.2, 0.25) is 5.95 Å². The fourth-order valence-electron chi connectivity index (χ4n) is 4.11. The van der Waals surface area contributed by atoms with E-state index in [0.717, 1.165) is 36.4 Å². The Hall–Kier alpha value is -3.66. The molecule has 4 heterocycles. The Kier molecular flexibility index (Phi) is 5.37. The molecule has 0 radical (unpaired) electrons. The molecule has 3 aromatic heterocycles. The minimum absolute atomic E-state index is 0.0905. The lowest BCUT2D eigenvalue weighted by Gasteiger charge is -2.35. The number of aryl methyl sites for hydroxylation is 2. The number of aromatic nitrogens is 7. The van der Waals surface area contributed by atoms with Crippen LogP contribution in [0.4, 0.5) is 5.95 Å². The highest BCUT2D eigenvalue weighted by molar-refractivity contribution is 5.73. The normalized spacial score (nSPS) is 16.6. The Morgan fingerprint density at radius 2 is 1.94 bits per heavy atom. The van der Waals surface area contributed by atoms with Crippen LogP contribution in [0, 0.1) is 19.8 Å². The molecule has 2 N–H and O–H groups in total. The number of nitrogens with zero attached hydrogens (tertiary/aromatic N) is 8. The van der Waals surface area contributed by atoms with E-state index in [0.29, 0.717) is 40.7 Å². The van der Waals surface area contributed by atoms with Gasteiger partial charge < -0.3 is 15.3 Å². The zero-order valence-corrected chi connectivity index (χ0v) is 19.2. The molecule has 1 fully saturated rings. The lowest BCUT2D eigenvalue weighted by molar-refractivity contribution is 0.365. The molecule has 1 saturated heterocycles. The maximum absolute atomic E-state index is 10.7. The van der Waals surface area contributed by atoms with E-state index in [2.05, 4.69) is 54.4 Å². The number of benzene rings is 1. The van der Waals surface area contributed by atoms with Gasteiger partial charge in [-0.05, 0) is 43.5 Å². The largest absolute Gasteiger partial charge is 0.507 e. The van der Waals surface area contributed by atoms with Crippen molar-refractivity contribution in [2.24, 2.45) is 5.92 Å². The molecule has 1 aromatic carbocycles. The fourth-order valence-corrected chi connectivity index (χ4v) is 4.11. The molecule has 1 atom stereocenters. The third kappa shape index (κ3) is 4.09. The molecule has 170 valence electrons. The van der Waals surface area contributed by atoms with Crippen LogP contribution in [0.15, 0.2) is 30.5 Å². The van der Waals surface area contributed by atoms with Crippen LogP contribution in [-0.2, 0) is 0 Å². The summed E-state index contributed by atoms with van der Waals surface area (Å²) in [5.41, 5.74) is 4.24. The number of nitrogens with one attached hydrogen (secondary N) is 1. The Labute approximate surface area is 191 Å². The van der Waals surface area contributed by atoms with Crippen LogP contribution in [0.2, 0.25) is 0 Å². The summed E-state index contributed by atoms with van der Waals surface area (Å²) in [6, 6.07) is 7.71.